The number of nitrogens with zero attached hydrogens (tertiary/aromatic N) is 8. The van der Waals surface area contributed by atoms with Crippen molar-refractivity contribution in [2.75, 3.05) is 5.32 Å². The molecule has 1 aliphatic heterocycles. The highest BCUT2D eigenvalue weighted by molar-refractivity contribution is 6.03. The summed E-state index contributed by atoms with van der Waals surface area (Å²) >= 11 is 0. The third kappa shape index (κ3) is 6.93. The van der Waals surface area contributed by atoms with Gasteiger partial charge in [0.05, 0.1) is 39.9 Å². The molecule has 15 nitrogen and oxygen atoms in total. The van der Waals surface area contributed by atoms with Crippen molar-refractivity contribution in [3.63, 3.8) is 0 Å². The Morgan fingerprint density at radius 1 is 0.792 bits per heavy atom. The molecule has 0 saturated carbocycles. The van der Waals surface area contributed by atoms with Gasteiger partial charge in [-0.05, 0) is 95.3 Å². The van der Waals surface area contributed by atoms with Crippen LogP contribution in [0.1, 0.15) is 103 Å². The number of hydrogen-bond donors (Lipinski definition) is 3. The summed E-state index contributed by atoms with van der Waals surface area (Å²) in [5, 5.41) is 12.3. The molecule has 274 valence electrons. The molecule has 6 aromatic rings. The molecule has 5 heterocycles. The number of ketones is 1. The number of Topliss-reactive ketones (excluding diaryl/α,β-unsaturated/α-hetero) is 1. The molecule has 0 aliphatic carbocycles. The SMILES string of the molecule is CCn1nc(C)c2c1C(=O)Cc1nc3cc(C(N)=O)ccc3n1CCCCn1c(nc3cc(C(N)=O)ccc31)NC(=O)c1cc(C)nn1CCCCC2. The van der Waals surface area contributed by atoms with Gasteiger partial charge in [-0.15, -0.1) is 0 Å². The number of benzene rings is 2. The summed E-state index contributed by atoms with van der Waals surface area (Å²) in [5.41, 5.74) is 18.0. The Kier molecular flexibility index (Phi) is 9.64. The van der Waals surface area contributed by atoms with E-state index in [1.165, 1.54) is 0 Å². The molecular weight excluding hydrogens is 674 g/mol. The lowest BCUT2D eigenvalue weighted by Gasteiger charge is -2.13. The highest BCUT2D eigenvalue weighted by Gasteiger charge is 2.25. The lowest BCUT2D eigenvalue weighted by atomic mass is 10.0. The summed E-state index contributed by atoms with van der Waals surface area (Å²) in [6, 6.07) is 12.0. The van der Waals surface area contributed by atoms with Gasteiger partial charge in [-0.25, -0.2) is 9.97 Å². The Morgan fingerprint density at radius 2 is 1.43 bits per heavy atom. The van der Waals surface area contributed by atoms with E-state index in [-0.39, 0.29) is 18.1 Å². The lowest BCUT2D eigenvalue weighted by molar-refractivity contribution is 0.0974. The Morgan fingerprint density at radius 3 is 2.11 bits per heavy atom. The van der Waals surface area contributed by atoms with E-state index in [1.807, 2.05) is 36.0 Å². The Bertz CT molecular complexity index is 2410. The maximum Gasteiger partial charge on any atom is 0.276 e. The Balaban J connectivity index is 1.28. The molecule has 7 rings (SSSR count). The third-order valence-electron chi connectivity index (χ3n) is 9.95. The first kappa shape index (κ1) is 35.3. The minimum Gasteiger partial charge on any atom is -0.366 e. The number of carbonyl (C=O) groups excluding carboxylic acids is 4. The van der Waals surface area contributed by atoms with E-state index in [0.29, 0.717) is 90.8 Å². The van der Waals surface area contributed by atoms with Crippen molar-refractivity contribution in [3.8, 4) is 0 Å². The van der Waals surface area contributed by atoms with Crippen molar-refractivity contribution in [2.24, 2.45) is 11.5 Å². The Labute approximate surface area is 305 Å². The highest BCUT2D eigenvalue weighted by atomic mass is 16.2. The zero-order valence-electron chi connectivity index (χ0n) is 30.2. The standard InChI is InChI=1S/C38H43N11O4/c1-4-48-34-26(23(3)45-48)10-6-5-7-17-49-31(18-22(2)44-49)37(53)43-38-42-28-20-25(36(40)52)12-14-30(28)47(38)16-9-8-15-46-29-13-11-24(35(39)51)19-27(29)41-33(46)21-32(34)50/h11-14,18-20H,4-10,15-17,21H2,1-3H3,(H2,39,51)(H2,40,52)(H,42,43,53). The molecule has 4 aromatic heterocycles. The summed E-state index contributed by atoms with van der Waals surface area (Å²) in [6.07, 6.45) is 4.54. The van der Waals surface area contributed by atoms with Crippen LogP contribution in [0, 0.1) is 13.8 Å². The summed E-state index contributed by atoms with van der Waals surface area (Å²) in [7, 11) is 0. The summed E-state index contributed by atoms with van der Waals surface area (Å²) in [4.78, 5) is 61.6. The van der Waals surface area contributed by atoms with E-state index in [2.05, 4.69) is 10.4 Å². The largest absolute Gasteiger partial charge is 0.366 e. The van der Waals surface area contributed by atoms with Crippen LogP contribution in [-0.2, 0) is 39.0 Å². The molecule has 53 heavy (non-hydrogen) atoms. The van der Waals surface area contributed by atoms with Crippen LogP contribution >= 0.6 is 0 Å². The minimum atomic E-state index is -0.568. The molecular formula is C38H43N11O4. The van der Waals surface area contributed by atoms with Crippen LogP contribution in [0.15, 0.2) is 42.5 Å². The van der Waals surface area contributed by atoms with Gasteiger partial charge < -0.3 is 20.6 Å². The van der Waals surface area contributed by atoms with Crippen LogP contribution in [0.3, 0.4) is 0 Å². The van der Waals surface area contributed by atoms with E-state index >= 15 is 0 Å². The van der Waals surface area contributed by atoms with E-state index in [0.717, 1.165) is 47.2 Å². The van der Waals surface area contributed by atoms with Crippen LogP contribution in [-0.4, -0.2) is 62.2 Å². The maximum absolute atomic E-state index is 14.2. The van der Waals surface area contributed by atoms with Crippen molar-refractivity contribution < 1.29 is 19.2 Å². The molecule has 0 spiro atoms. The molecule has 1 aliphatic rings. The van der Waals surface area contributed by atoms with Gasteiger partial charge in [-0.2, -0.15) is 10.2 Å². The first-order chi connectivity index (χ1) is 25.5. The number of nitrogens with one attached hydrogen (secondary N) is 1. The fourth-order valence-corrected chi connectivity index (χ4v) is 7.35. The van der Waals surface area contributed by atoms with Crippen LogP contribution in [0.4, 0.5) is 5.95 Å². The molecule has 0 unspecified atom stereocenters. The average molecular weight is 718 g/mol. The number of carbonyl (C=O) groups is 4. The number of nitrogens with two attached hydrogens (primary N) is 2. The van der Waals surface area contributed by atoms with E-state index in [9.17, 15) is 19.2 Å². The van der Waals surface area contributed by atoms with Crippen molar-refractivity contribution in [1.29, 1.82) is 0 Å². The second kappa shape index (κ2) is 14.5. The maximum atomic E-state index is 14.2. The fraction of sp³-hybridized carbons (Fsp3) is 0.368. The van der Waals surface area contributed by atoms with Crippen molar-refractivity contribution in [3.05, 3.63) is 87.8 Å². The first-order valence-corrected chi connectivity index (χ1v) is 18.1. The van der Waals surface area contributed by atoms with Gasteiger partial charge in [-0.3, -0.25) is 33.9 Å². The van der Waals surface area contributed by atoms with Gasteiger partial charge in [0.15, 0.2) is 5.78 Å². The van der Waals surface area contributed by atoms with Crippen molar-refractivity contribution in [1.82, 2.24) is 38.7 Å². The minimum absolute atomic E-state index is 0.0602. The van der Waals surface area contributed by atoms with E-state index in [4.69, 9.17) is 26.5 Å². The number of primary amides is 2. The predicted molar refractivity (Wildman–Crippen MR) is 199 cm³/mol. The second-order valence-corrected chi connectivity index (χ2v) is 13.6. The van der Waals surface area contributed by atoms with Crippen LogP contribution in [0.2, 0.25) is 0 Å². The molecule has 0 atom stereocenters. The zero-order valence-corrected chi connectivity index (χ0v) is 30.2. The van der Waals surface area contributed by atoms with Gasteiger partial charge in [0.1, 0.15) is 17.2 Å². The zero-order chi connectivity index (χ0) is 37.4. The number of anilines is 1. The predicted octanol–water partition coefficient (Wildman–Crippen LogP) is 4.50. The van der Waals surface area contributed by atoms with E-state index < -0.39 is 11.8 Å². The third-order valence-corrected chi connectivity index (χ3v) is 9.95. The number of amides is 3. The van der Waals surface area contributed by atoms with Gasteiger partial charge >= 0.3 is 0 Å². The average Bonchev–Trinajstić information content (AvgIpc) is 3.86. The Hall–Kier alpha value is -6.12. The monoisotopic (exact) mass is 717 g/mol. The molecule has 0 radical (unpaired) electrons. The highest BCUT2D eigenvalue weighted by Crippen LogP contribution is 2.26. The number of imidazole rings is 2. The molecule has 15 heteroatoms. The van der Waals surface area contributed by atoms with Gasteiger partial charge in [-0.1, -0.05) is 6.42 Å². The van der Waals surface area contributed by atoms with Gasteiger partial charge in [0.25, 0.3) is 5.91 Å². The molecule has 0 saturated heterocycles. The molecule has 3 amide bonds. The summed E-state index contributed by atoms with van der Waals surface area (Å²) in [6.45, 7) is 7.91. The number of rotatable bonds is 3. The number of fused-ring (bicyclic) bond motifs is 8. The normalized spacial score (nSPS) is 14.9. The quantitative estimate of drug-likeness (QED) is 0.237. The van der Waals surface area contributed by atoms with Crippen molar-refractivity contribution in [2.45, 2.75) is 91.9 Å². The number of hydrogen-bond acceptors (Lipinski definition) is 8. The number of aromatic nitrogens is 8. The molecule has 0 fully saturated rings. The molecule has 5 N–H and O–H groups in total. The van der Waals surface area contributed by atoms with E-state index in [1.54, 1.807) is 45.8 Å². The lowest BCUT2D eigenvalue weighted by Crippen LogP contribution is -2.20. The van der Waals surface area contributed by atoms with Crippen LogP contribution in [0.25, 0.3) is 22.1 Å². The van der Waals surface area contributed by atoms with Gasteiger partial charge in [0.2, 0.25) is 17.8 Å². The van der Waals surface area contributed by atoms with Crippen LogP contribution in [0.5, 0.6) is 0 Å². The molecule has 2 aromatic carbocycles. The van der Waals surface area contributed by atoms with Crippen LogP contribution < -0.4 is 16.8 Å². The topological polar surface area (TPSA) is 204 Å². The fourth-order valence-electron chi connectivity index (χ4n) is 7.35. The van der Waals surface area contributed by atoms with Gasteiger partial charge in [0, 0.05) is 42.9 Å². The summed E-state index contributed by atoms with van der Waals surface area (Å²) in [5.74, 6) is -0.580. The molecule has 0 bridgehead atoms. The second-order valence-electron chi connectivity index (χ2n) is 13.6. The first-order valence-electron chi connectivity index (χ1n) is 18.1. The summed E-state index contributed by atoms with van der Waals surface area (Å²) < 4.78 is 7.49. The number of aryl methyl sites for hydroxylation is 6. The smallest absolute Gasteiger partial charge is 0.276 e. The van der Waals surface area contributed by atoms with Crippen molar-refractivity contribution >= 4 is 51.5 Å².